The zero-order valence-electron chi connectivity index (χ0n) is 39.0. The molecule has 0 radical (unpaired) electrons. The number of pyridine rings is 1. The summed E-state index contributed by atoms with van der Waals surface area (Å²) in [6, 6.07) is 51.2. The monoisotopic (exact) mass is 1020 g/mol. The predicted molar refractivity (Wildman–Crippen MR) is 265 cm³/mol. The van der Waals surface area contributed by atoms with Gasteiger partial charge in [-0.25, -0.2) is 4.98 Å². The van der Waals surface area contributed by atoms with Gasteiger partial charge in [0, 0.05) is 61.3 Å². The Morgan fingerprint density at radius 3 is 1.80 bits per heavy atom. The van der Waals surface area contributed by atoms with E-state index in [0.717, 1.165) is 50.2 Å². The van der Waals surface area contributed by atoms with Crippen molar-refractivity contribution >= 4 is 44.6 Å². The second-order valence-electron chi connectivity index (χ2n) is 19.4. The van der Waals surface area contributed by atoms with E-state index in [1.54, 1.807) is 0 Å². The maximum atomic E-state index is 7.02. The number of ether oxygens (including phenoxy) is 1. The first kappa shape index (κ1) is 44.9. The molecule has 0 atom stereocenters. The van der Waals surface area contributed by atoms with Crippen LogP contribution in [0.2, 0.25) is 0 Å². The van der Waals surface area contributed by atoms with Crippen LogP contribution in [0.1, 0.15) is 128 Å². The van der Waals surface area contributed by atoms with Gasteiger partial charge in [0.15, 0.2) is 0 Å². The summed E-state index contributed by atoms with van der Waals surface area (Å²) in [7, 11) is 0. The number of benzene rings is 6. The molecule has 0 amide bonds. The molecule has 5 nitrogen and oxygen atoms in total. The summed E-state index contributed by atoms with van der Waals surface area (Å²) in [6.45, 7) is 27.3. The van der Waals surface area contributed by atoms with Gasteiger partial charge in [-0.2, -0.15) is 6.07 Å². The second kappa shape index (κ2) is 17.7. The van der Waals surface area contributed by atoms with Gasteiger partial charge in [0.05, 0.1) is 0 Å². The molecule has 6 heteroatoms. The van der Waals surface area contributed by atoms with Crippen LogP contribution in [0.5, 0.6) is 11.5 Å². The first-order valence-electron chi connectivity index (χ1n) is 22.7. The summed E-state index contributed by atoms with van der Waals surface area (Å²) in [5.74, 6) is 3.41. The number of anilines is 4. The van der Waals surface area contributed by atoms with E-state index in [4.69, 9.17) is 9.72 Å². The van der Waals surface area contributed by atoms with Gasteiger partial charge >= 0.3 is 0 Å². The van der Waals surface area contributed by atoms with Crippen LogP contribution in [-0.4, -0.2) is 9.55 Å². The summed E-state index contributed by atoms with van der Waals surface area (Å²) in [4.78, 5) is 9.60. The quantitative estimate of drug-likeness (QED) is 0.128. The standard InChI is InChI=1S/C58H59N4O.Pt/c1-36(2)45-19-16-20-46(37(3)4)56(45)40-30-42(60-35-61(53-25-15-14-24-52(53)60)57-47(38(5)6)21-17-22-48(57)39(7)8)33-44(31-40)63-43-26-27-50-49-18-12-13-23-51(49)62(54(50)34-43)55-32-41(28-29-59-55)58(9,10)11;/h12-32,35-39H,1-11H3;/q-3;. The summed E-state index contributed by atoms with van der Waals surface area (Å²) in [5.41, 5.74) is 15.2. The molecule has 1 aliphatic heterocycles. The number of hydrogen-bond acceptors (Lipinski definition) is 4. The van der Waals surface area contributed by atoms with Gasteiger partial charge in [-0.05, 0) is 98.2 Å². The molecule has 0 saturated carbocycles. The largest absolute Gasteiger partial charge is 0.509 e. The normalized spacial score (nSPS) is 12.9. The number of hydrogen-bond donors (Lipinski definition) is 0. The third-order valence-corrected chi connectivity index (χ3v) is 12.6. The number of aromatic nitrogens is 2. The second-order valence-corrected chi connectivity index (χ2v) is 19.4. The van der Waals surface area contributed by atoms with Crippen LogP contribution in [0.25, 0.3) is 38.8 Å². The molecule has 8 aromatic rings. The first-order valence-corrected chi connectivity index (χ1v) is 22.7. The Morgan fingerprint density at radius 1 is 0.578 bits per heavy atom. The van der Waals surface area contributed by atoms with Crippen molar-refractivity contribution in [2.75, 3.05) is 9.80 Å². The fourth-order valence-electron chi connectivity index (χ4n) is 9.31. The molecular weight excluding hydrogens is 964 g/mol. The molecule has 6 aromatic carbocycles. The fraction of sp³-hybridized carbons (Fsp3) is 0.276. The molecule has 2 aromatic heterocycles. The third-order valence-electron chi connectivity index (χ3n) is 12.6. The minimum atomic E-state index is -0.0323. The van der Waals surface area contributed by atoms with Gasteiger partial charge < -0.3 is 19.1 Å². The Morgan fingerprint density at radius 2 is 1.17 bits per heavy atom. The van der Waals surface area contributed by atoms with E-state index in [-0.39, 0.29) is 26.5 Å². The van der Waals surface area contributed by atoms with E-state index in [1.165, 1.54) is 39.1 Å². The van der Waals surface area contributed by atoms with E-state index in [0.29, 0.717) is 35.2 Å². The summed E-state index contributed by atoms with van der Waals surface area (Å²) in [5, 5.41) is 2.24. The van der Waals surface area contributed by atoms with Crippen LogP contribution in [0.15, 0.2) is 128 Å². The average molecular weight is 1020 g/mol. The van der Waals surface area contributed by atoms with Crippen LogP contribution in [0.4, 0.5) is 22.7 Å². The minimum Gasteiger partial charge on any atom is -0.509 e. The van der Waals surface area contributed by atoms with E-state index in [1.807, 2.05) is 12.3 Å². The Labute approximate surface area is 395 Å². The van der Waals surface area contributed by atoms with Crippen molar-refractivity contribution in [2.45, 2.75) is 105 Å². The van der Waals surface area contributed by atoms with E-state index in [2.05, 4.69) is 225 Å². The number of nitrogens with zero attached hydrogens (tertiary/aromatic N) is 4. The van der Waals surface area contributed by atoms with Gasteiger partial charge in [-0.3, -0.25) is 0 Å². The maximum Gasteiger partial charge on any atom is 0.135 e. The maximum absolute atomic E-state index is 7.02. The molecular formula is C58H59N4OPt-3. The number of para-hydroxylation sites is 4. The van der Waals surface area contributed by atoms with Gasteiger partial charge in [-0.1, -0.05) is 148 Å². The molecule has 0 aliphatic carbocycles. The molecule has 1 aliphatic rings. The van der Waals surface area contributed by atoms with Crippen LogP contribution in [0.3, 0.4) is 0 Å². The van der Waals surface area contributed by atoms with Crippen LogP contribution in [0, 0.1) is 18.8 Å². The van der Waals surface area contributed by atoms with Gasteiger partial charge in [-0.15, -0.1) is 53.6 Å². The zero-order chi connectivity index (χ0) is 44.3. The molecule has 0 saturated heterocycles. The average Bonchev–Trinajstić information content (AvgIpc) is 3.81. The summed E-state index contributed by atoms with van der Waals surface area (Å²) < 4.78 is 9.24. The van der Waals surface area contributed by atoms with Crippen LogP contribution < -0.4 is 14.5 Å². The fourth-order valence-corrected chi connectivity index (χ4v) is 9.31. The minimum absolute atomic E-state index is 0. The van der Waals surface area contributed by atoms with Crippen molar-refractivity contribution in [1.29, 1.82) is 0 Å². The third kappa shape index (κ3) is 8.17. The van der Waals surface area contributed by atoms with Gasteiger partial charge in [0.2, 0.25) is 0 Å². The molecule has 9 rings (SSSR count). The molecule has 64 heavy (non-hydrogen) atoms. The van der Waals surface area contributed by atoms with E-state index >= 15 is 0 Å². The molecule has 0 N–H and O–H groups in total. The summed E-state index contributed by atoms with van der Waals surface area (Å²) in [6.07, 6.45) is 1.92. The van der Waals surface area contributed by atoms with Gasteiger partial charge in [0.25, 0.3) is 0 Å². The first-order chi connectivity index (χ1) is 30.2. The van der Waals surface area contributed by atoms with Gasteiger partial charge in [0.1, 0.15) is 5.82 Å². The topological polar surface area (TPSA) is 33.5 Å². The van der Waals surface area contributed by atoms with Crippen molar-refractivity contribution < 1.29 is 25.8 Å². The van der Waals surface area contributed by atoms with Crippen molar-refractivity contribution in [3.8, 4) is 28.4 Å². The molecule has 0 bridgehead atoms. The molecule has 3 heterocycles. The van der Waals surface area contributed by atoms with E-state index in [9.17, 15) is 0 Å². The molecule has 330 valence electrons. The van der Waals surface area contributed by atoms with E-state index < -0.39 is 0 Å². The smallest absolute Gasteiger partial charge is 0.135 e. The van der Waals surface area contributed by atoms with Crippen molar-refractivity contribution in [1.82, 2.24) is 9.55 Å². The SMILES string of the molecule is CC(C)c1cccc(C(C)C)c1-c1cc(Oc2[c-]c3c(cc2)c2ccccc2n3-c2cc(C(C)(C)C)ccn2)[c-]c(N2[CH-]N(c3c(C(C)C)cccc3C(C)C)c3ccccc32)c1.[Pt]. The number of fused-ring (bicyclic) bond motifs is 4. The zero-order valence-corrected chi connectivity index (χ0v) is 41.3. The number of rotatable bonds is 10. The molecule has 0 fully saturated rings. The molecule has 0 unspecified atom stereocenters. The Balaban J connectivity index is 0.00000560. The van der Waals surface area contributed by atoms with Crippen LogP contribution >= 0.6 is 0 Å². The Hall–Kier alpha value is -5.64. The Bertz CT molecular complexity index is 2930. The van der Waals surface area contributed by atoms with Crippen molar-refractivity contribution in [3.05, 3.63) is 174 Å². The molecule has 0 spiro atoms. The Kier molecular flexibility index (Phi) is 12.5. The van der Waals surface area contributed by atoms with Crippen molar-refractivity contribution in [2.24, 2.45) is 0 Å². The van der Waals surface area contributed by atoms with Crippen LogP contribution in [-0.2, 0) is 26.5 Å². The predicted octanol–water partition coefficient (Wildman–Crippen LogP) is 16.4. The van der Waals surface area contributed by atoms with Crippen molar-refractivity contribution in [3.63, 3.8) is 0 Å². The summed E-state index contributed by atoms with van der Waals surface area (Å²) >= 11 is 0.